The fourth-order valence-electron chi connectivity index (χ4n) is 7.35. The van der Waals surface area contributed by atoms with Gasteiger partial charge < -0.3 is 38.6 Å². The van der Waals surface area contributed by atoms with E-state index in [1.54, 1.807) is 41.6 Å². The van der Waals surface area contributed by atoms with Crippen LogP contribution >= 0.6 is 21.6 Å². The minimum atomic E-state index is -1.40. The van der Waals surface area contributed by atoms with Gasteiger partial charge in [0.1, 0.15) is 11.6 Å². The molecule has 2 unspecified atom stereocenters. The first-order valence-corrected chi connectivity index (χ1v) is 21.3. The third-order valence-electron chi connectivity index (χ3n) is 10.3. The number of aliphatic imine (C=N–C) groups is 1. The maximum absolute atomic E-state index is 13.9. The van der Waals surface area contributed by atoms with Crippen molar-refractivity contribution in [1.82, 2.24) is 14.8 Å². The normalized spacial score (nSPS) is 20.1. The van der Waals surface area contributed by atoms with Gasteiger partial charge in [0.2, 0.25) is 0 Å². The van der Waals surface area contributed by atoms with E-state index in [-0.39, 0.29) is 47.5 Å². The Morgan fingerprint density at radius 2 is 1.57 bits per heavy atom. The number of anilines is 1. The molecule has 4 atom stereocenters. The van der Waals surface area contributed by atoms with Crippen molar-refractivity contribution in [1.29, 1.82) is 0 Å². The molecular weight excluding hydrogens is 783 g/mol. The number of aliphatic hydroxyl groups is 1. The number of carbonyl (C=O) groups excluding carboxylic acids is 3. The third-order valence-corrected chi connectivity index (χ3v) is 13.0. The lowest BCUT2D eigenvalue weighted by Crippen LogP contribution is -2.51. The number of methoxy groups -OCH3 is 2. The molecule has 0 bridgehead atoms. The average Bonchev–Trinajstić information content (AvgIpc) is 3.77. The van der Waals surface area contributed by atoms with Crippen molar-refractivity contribution in [2.24, 2.45) is 4.99 Å². The predicted molar refractivity (Wildman–Crippen MR) is 223 cm³/mol. The van der Waals surface area contributed by atoms with Gasteiger partial charge in [-0.3, -0.25) is 14.6 Å². The standard InChI is InChI=1S/C42H47N5O9S2/c1-25-15-28-21-44-31-19-36(34(52-4)17-29(31)39(48)45(28)22-25)54-13-9-6-10-14-55-37-20-32-30(18-35(37)53-5)40(49)46-23-26(2)16-33(46)41(50)47(32)42(51)56-24-27(3)57-58-38-11-7-8-12-43-38/h7-8,11-12,17-21,27-28,33,41,50H,1-2,6,9-10,13-16,22-24H2,3-5H3/t27?,28?,33-,41-/m0/s1. The fraction of sp³-hybridized carbons (Fsp3) is 0.405. The lowest BCUT2D eigenvalue weighted by atomic mass is 10.1. The average molecular weight is 830 g/mol. The van der Waals surface area contributed by atoms with Crippen LogP contribution in [0.3, 0.4) is 0 Å². The van der Waals surface area contributed by atoms with E-state index in [4.69, 9.17) is 23.7 Å². The van der Waals surface area contributed by atoms with Crippen molar-refractivity contribution in [3.05, 3.63) is 84.1 Å². The molecule has 1 aromatic heterocycles. The zero-order chi connectivity index (χ0) is 40.9. The highest BCUT2D eigenvalue weighted by molar-refractivity contribution is 8.76. The van der Waals surface area contributed by atoms with Crippen LogP contribution in [0.4, 0.5) is 16.2 Å². The number of carbonyl (C=O) groups is 3. The molecule has 2 aromatic carbocycles. The van der Waals surface area contributed by atoms with E-state index in [2.05, 4.69) is 23.1 Å². The number of aliphatic hydroxyl groups excluding tert-OH is 1. The molecule has 58 heavy (non-hydrogen) atoms. The van der Waals surface area contributed by atoms with E-state index in [0.29, 0.717) is 79.7 Å². The van der Waals surface area contributed by atoms with Crippen LogP contribution in [0, 0.1) is 0 Å². The van der Waals surface area contributed by atoms with E-state index in [0.717, 1.165) is 27.5 Å². The number of fused-ring (bicyclic) bond motifs is 4. The topological polar surface area (TPSA) is 153 Å². The Morgan fingerprint density at radius 1 is 0.897 bits per heavy atom. The van der Waals surface area contributed by atoms with Gasteiger partial charge in [-0.1, -0.05) is 41.2 Å². The van der Waals surface area contributed by atoms with Gasteiger partial charge in [-0.25, -0.2) is 14.7 Å². The Balaban J connectivity index is 0.982. The summed E-state index contributed by atoms with van der Waals surface area (Å²) < 4.78 is 29.3. The maximum Gasteiger partial charge on any atom is 0.416 e. The summed E-state index contributed by atoms with van der Waals surface area (Å²) >= 11 is 0. The van der Waals surface area contributed by atoms with Gasteiger partial charge in [0.15, 0.2) is 29.2 Å². The molecule has 5 heterocycles. The Labute approximate surface area is 345 Å². The van der Waals surface area contributed by atoms with E-state index in [1.807, 2.05) is 25.1 Å². The highest BCUT2D eigenvalue weighted by atomic mass is 33.1. The number of hydrogen-bond acceptors (Lipinski definition) is 13. The molecule has 2 fully saturated rings. The van der Waals surface area contributed by atoms with Crippen LogP contribution in [0.25, 0.3) is 0 Å². The van der Waals surface area contributed by atoms with Gasteiger partial charge in [0, 0.05) is 42.9 Å². The lowest BCUT2D eigenvalue weighted by molar-refractivity contribution is 0.0491. The van der Waals surface area contributed by atoms with Crippen LogP contribution in [0.2, 0.25) is 0 Å². The summed E-state index contributed by atoms with van der Waals surface area (Å²) in [6, 6.07) is 11.4. The summed E-state index contributed by atoms with van der Waals surface area (Å²) in [5.41, 5.74) is 3.13. The molecule has 16 heteroatoms. The third kappa shape index (κ3) is 8.78. The van der Waals surface area contributed by atoms with Gasteiger partial charge in [-0.05, 0) is 74.1 Å². The molecule has 4 aliphatic rings. The van der Waals surface area contributed by atoms with Crippen LogP contribution in [-0.4, -0.2) is 115 Å². The van der Waals surface area contributed by atoms with Crippen molar-refractivity contribution in [3.63, 3.8) is 0 Å². The van der Waals surface area contributed by atoms with E-state index in [9.17, 15) is 19.5 Å². The molecule has 0 spiro atoms. The highest BCUT2D eigenvalue weighted by Gasteiger charge is 2.46. The highest BCUT2D eigenvalue weighted by Crippen LogP contribution is 2.43. The Bertz CT molecular complexity index is 2100. The van der Waals surface area contributed by atoms with Crippen LogP contribution < -0.4 is 23.8 Å². The largest absolute Gasteiger partial charge is 0.493 e. The number of unbranched alkanes of at least 4 members (excludes halogenated alkanes) is 2. The van der Waals surface area contributed by atoms with Gasteiger partial charge in [0.05, 0.1) is 62.0 Å². The summed E-state index contributed by atoms with van der Waals surface area (Å²) in [4.78, 5) is 54.5. The molecule has 7 rings (SSSR count). The summed E-state index contributed by atoms with van der Waals surface area (Å²) in [6.45, 7) is 11.5. The number of amides is 3. The van der Waals surface area contributed by atoms with Crippen LogP contribution in [0.5, 0.6) is 23.0 Å². The molecule has 306 valence electrons. The summed E-state index contributed by atoms with van der Waals surface area (Å²) in [7, 11) is 6.01. The molecule has 0 radical (unpaired) electrons. The van der Waals surface area contributed by atoms with Crippen LogP contribution in [0.15, 0.2) is 83.0 Å². The lowest BCUT2D eigenvalue weighted by Gasteiger charge is -2.31. The SMILES string of the molecule is C=C1CC2C=Nc3cc(OCCCCCOc4cc5c(cc4OC)C(=O)N4CC(=C)C[C@H]4[C@H](O)N5C(=O)OCC(C)SSc4ccccn4)c(OC)cc3C(=O)N2C1. The molecular formula is C42H47N5O9S2. The van der Waals surface area contributed by atoms with Crippen molar-refractivity contribution in [3.8, 4) is 23.0 Å². The van der Waals surface area contributed by atoms with Crippen molar-refractivity contribution < 1.29 is 43.2 Å². The second-order valence-corrected chi connectivity index (χ2v) is 17.2. The first-order chi connectivity index (χ1) is 28.1. The molecule has 2 saturated heterocycles. The smallest absolute Gasteiger partial charge is 0.416 e. The van der Waals surface area contributed by atoms with Gasteiger partial charge in [-0.15, -0.1) is 0 Å². The predicted octanol–water partition coefficient (Wildman–Crippen LogP) is 7.09. The zero-order valence-electron chi connectivity index (χ0n) is 32.8. The number of nitrogens with zero attached hydrogens (tertiary/aromatic N) is 5. The van der Waals surface area contributed by atoms with E-state index >= 15 is 0 Å². The summed E-state index contributed by atoms with van der Waals surface area (Å²) in [6.07, 6.45) is 4.48. The minimum absolute atomic E-state index is 0.0585. The number of hydrogen-bond donors (Lipinski definition) is 1. The number of ether oxygens (including phenoxy) is 5. The molecule has 3 amide bonds. The Hall–Kier alpha value is -5.19. The molecule has 3 aromatic rings. The number of aromatic nitrogens is 1. The quantitative estimate of drug-likeness (QED) is 0.0946. The van der Waals surface area contributed by atoms with Crippen molar-refractivity contribution >= 4 is 57.1 Å². The number of pyridine rings is 1. The molecule has 0 aliphatic carbocycles. The summed E-state index contributed by atoms with van der Waals surface area (Å²) in [5, 5.41) is 12.4. The van der Waals surface area contributed by atoms with Gasteiger partial charge in [-0.2, -0.15) is 0 Å². The van der Waals surface area contributed by atoms with Gasteiger partial charge in [0.25, 0.3) is 11.8 Å². The van der Waals surface area contributed by atoms with Gasteiger partial charge >= 0.3 is 6.09 Å². The maximum atomic E-state index is 13.9. The number of benzene rings is 2. The molecule has 14 nitrogen and oxygen atoms in total. The first-order valence-electron chi connectivity index (χ1n) is 19.1. The van der Waals surface area contributed by atoms with Crippen LogP contribution in [-0.2, 0) is 4.74 Å². The fourth-order valence-corrected chi connectivity index (χ4v) is 9.22. The minimum Gasteiger partial charge on any atom is -0.493 e. The van der Waals surface area contributed by atoms with E-state index in [1.165, 1.54) is 40.7 Å². The second kappa shape index (κ2) is 18.2. The van der Waals surface area contributed by atoms with Crippen LogP contribution in [0.1, 0.15) is 59.7 Å². The number of rotatable bonds is 15. The molecule has 4 aliphatic heterocycles. The summed E-state index contributed by atoms with van der Waals surface area (Å²) in [5.74, 6) is 1.12. The second-order valence-electron chi connectivity index (χ2n) is 14.5. The molecule has 0 saturated carbocycles. The zero-order valence-corrected chi connectivity index (χ0v) is 34.4. The monoisotopic (exact) mass is 829 g/mol. The van der Waals surface area contributed by atoms with E-state index < -0.39 is 18.4 Å². The molecule has 1 N–H and O–H groups in total. The van der Waals surface area contributed by atoms with Crippen molar-refractivity contribution in [2.75, 3.05) is 52.0 Å². The first kappa shape index (κ1) is 41.0. The van der Waals surface area contributed by atoms with Crippen molar-refractivity contribution in [2.45, 2.75) is 67.6 Å². The Kier molecular flexibility index (Phi) is 12.8. The Morgan fingerprint density at radius 3 is 2.28 bits per heavy atom.